The van der Waals surface area contributed by atoms with Crippen LogP contribution in [-0.4, -0.2) is 16.5 Å². The topological polar surface area (TPSA) is 148 Å². The number of carbonyl (C=O) groups is 2. The van der Waals surface area contributed by atoms with Gasteiger partial charge < -0.3 is 10.6 Å². The van der Waals surface area contributed by atoms with Gasteiger partial charge in [-0.05, 0) is 79.2 Å². The van der Waals surface area contributed by atoms with Crippen molar-refractivity contribution in [3.05, 3.63) is 167 Å². The summed E-state index contributed by atoms with van der Waals surface area (Å²) in [6.45, 7) is 1.98. The van der Waals surface area contributed by atoms with Crippen LogP contribution in [0.3, 0.4) is 0 Å². The van der Waals surface area contributed by atoms with Gasteiger partial charge in [-0.2, -0.15) is 14.0 Å². The fraction of sp³-hybridized carbons (Fsp3) is 0.0286. The van der Waals surface area contributed by atoms with Crippen LogP contribution in [0.5, 0.6) is 0 Å². The van der Waals surface area contributed by atoms with Crippen molar-refractivity contribution in [1.82, 2.24) is 5.32 Å². The van der Waals surface area contributed by atoms with Gasteiger partial charge in [0.15, 0.2) is 13.0 Å². The van der Waals surface area contributed by atoms with Crippen molar-refractivity contribution in [2.24, 2.45) is 0 Å². The van der Waals surface area contributed by atoms with Crippen molar-refractivity contribution < 1.29 is 38.5 Å². The van der Waals surface area contributed by atoms with Gasteiger partial charge in [0.05, 0.1) is 14.9 Å². The van der Waals surface area contributed by atoms with Crippen LogP contribution in [0.1, 0.15) is 15.9 Å². The monoisotopic (exact) mass is 675 g/mol. The highest BCUT2D eigenvalue weighted by Gasteiger charge is 2.52. The van der Waals surface area contributed by atoms with Crippen LogP contribution in [0.25, 0.3) is 0 Å². The molecule has 0 saturated heterocycles. The Morgan fingerprint density at radius 2 is 1.02 bits per heavy atom. The van der Waals surface area contributed by atoms with E-state index in [1.165, 1.54) is 0 Å². The number of hydrogen-bond donors (Lipinski definition) is 3. The van der Waals surface area contributed by atoms with Crippen LogP contribution in [0.15, 0.2) is 156 Å². The zero-order valence-corrected chi connectivity index (χ0v) is 27.0. The molecule has 0 atom stereocenters. The van der Waals surface area contributed by atoms with Crippen molar-refractivity contribution in [2.75, 3.05) is 5.32 Å². The Hall–Kier alpha value is -4.37. The Labute approximate surface area is 274 Å². The van der Waals surface area contributed by atoms with Crippen molar-refractivity contribution in [1.29, 1.82) is 0 Å². The zero-order valence-electron chi connectivity index (χ0n) is 24.5. The number of anilines is 1. The first kappa shape index (κ1) is 34.5. The second-order valence-corrected chi connectivity index (χ2v) is 14.7. The molecule has 0 bridgehead atoms. The highest BCUT2D eigenvalue weighted by Crippen LogP contribution is 2.64. The number of aryl methyl sites for hydroxylation is 1. The highest BCUT2D eigenvalue weighted by atomic mass is 35.7. The zero-order chi connectivity index (χ0) is 33.2. The SMILES string of the molecule is Cc1ccc(NC(=O)C(NC(=O)c2ccccc2)=C(Cl)[P+](c2ccccc2)(c2ccccc2)c2ccccc2)cc1.[O-][Cl+3]([O-])([O-])O. The second kappa shape index (κ2) is 15.8. The minimum absolute atomic E-state index is 0.00554. The predicted octanol–water partition coefficient (Wildman–Crippen LogP) is 2.64. The summed E-state index contributed by atoms with van der Waals surface area (Å²) < 4.78 is 33.0. The number of amides is 2. The van der Waals surface area contributed by atoms with Gasteiger partial charge in [0.1, 0.15) is 15.9 Å². The molecule has 11 heteroatoms. The summed E-state index contributed by atoms with van der Waals surface area (Å²) in [5.41, 5.74) is 2.09. The van der Waals surface area contributed by atoms with E-state index in [1.54, 1.807) is 24.3 Å². The lowest BCUT2D eigenvalue weighted by Gasteiger charge is -2.28. The number of halogens is 2. The van der Waals surface area contributed by atoms with Gasteiger partial charge in [0, 0.05) is 11.3 Å². The maximum atomic E-state index is 14.1. The lowest BCUT2D eigenvalue weighted by Crippen LogP contribution is -2.58. The van der Waals surface area contributed by atoms with Gasteiger partial charge in [-0.25, -0.2) is 0 Å². The highest BCUT2D eigenvalue weighted by molar-refractivity contribution is 8.00. The largest absolute Gasteiger partial charge is 0.321 e. The summed E-state index contributed by atoms with van der Waals surface area (Å²) in [6.07, 6.45) is 0. The molecule has 0 fully saturated rings. The first-order chi connectivity index (χ1) is 22.0. The molecule has 5 aromatic rings. The van der Waals surface area contributed by atoms with Crippen molar-refractivity contribution in [2.45, 2.75) is 6.92 Å². The summed E-state index contributed by atoms with van der Waals surface area (Å²) in [4.78, 5) is 27.6. The molecule has 2 amide bonds. The minimum Gasteiger partial charge on any atom is -0.321 e. The molecular formula is C35H30Cl2N2O6P+. The standard InChI is InChI=1S/C35H28ClN2O2P.ClHO4/c1-26-22-24-28(25-23-26)37-35(40)32(38-34(39)27-14-6-2-7-15-27)33(36)41(29-16-8-3-9-17-29,30-18-10-4-11-19-30)31-20-12-5-13-21-31;2-1(3,4)5/h2-25H,1H3,(H-,37,38,39,40);(H,2,3,4,5)/p+1. The van der Waals surface area contributed by atoms with Crippen LogP contribution < -0.4 is 40.5 Å². The molecule has 0 aliphatic heterocycles. The lowest BCUT2D eigenvalue weighted by atomic mass is 10.2. The summed E-state index contributed by atoms with van der Waals surface area (Å²) >= 11 is 7.54. The maximum Gasteiger partial charge on any atom is 0.277 e. The van der Waals surface area contributed by atoms with Gasteiger partial charge >= 0.3 is 0 Å². The smallest absolute Gasteiger partial charge is 0.277 e. The predicted molar refractivity (Wildman–Crippen MR) is 174 cm³/mol. The molecule has 0 spiro atoms. The third-order valence-electron chi connectivity index (χ3n) is 6.74. The third kappa shape index (κ3) is 8.88. The molecule has 0 aliphatic carbocycles. The molecule has 5 rings (SSSR count). The number of benzene rings is 5. The average Bonchev–Trinajstić information content (AvgIpc) is 3.06. The van der Waals surface area contributed by atoms with E-state index in [0.29, 0.717) is 11.3 Å². The molecule has 3 N–H and O–H groups in total. The van der Waals surface area contributed by atoms with Crippen LogP contribution in [0, 0.1) is 17.2 Å². The van der Waals surface area contributed by atoms with Gasteiger partial charge in [0.25, 0.3) is 11.8 Å². The van der Waals surface area contributed by atoms with E-state index in [-0.39, 0.29) is 10.5 Å². The molecule has 5 aromatic carbocycles. The Balaban J connectivity index is 0.000000892. The molecule has 8 nitrogen and oxygen atoms in total. The molecule has 234 valence electrons. The molecule has 0 heterocycles. The van der Waals surface area contributed by atoms with Crippen molar-refractivity contribution >= 4 is 52.3 Å². The Kier molecular flexibility index (Phi) is 11.8. The van der Waals surface area contributed by atoms with Gasteiger partial charge in [-0.15, -0.1) is 0 Å². The molecule has 0 aliphatic rings. The first-order valence-corrected chi connectivity index (χ1v) is 17.3. The summed E-state index contributed by atoms with van der Waals surface area (Å²) in [5, 5.41) is 8.73. The number of rotatable bonds is 8. The van der Waals surface area contributed by atoms with Crippen LogP contribution in [0.2, 0.25) is 0 Å². The summed E-state index contributed by atoms with van der Waals surface area (Å²) in [5.74, 6) is -0.930. The van der Waals surface area contributed by atoms with E-state index in [1.807, 2.05) is 128 Å². The van der Waals surface area contributed by atoms with E-state index in [4.69, 9.17) is 30.2 Å². The molecule has 0 aromatic heterocycles. The number of carbonyl (C=O) groups excluding carboxylic acids is 2. The van der Waals surface area contributed by atoms with Crippen molar-refractivity contribution in [3.63, 3.8) is 0 Å². The fourth-order valence-electron chi connectivity index (χ4n) is 4.72. The second-order valence-electron chi connectivity index (χ2n) is 9.88. The Morgan fingerprint density at radius 3 is 1.41 bits per heavy atom. The Bertz CT molecular complexity index is 1670. The number of nitrogens with one attached hydrogen (secondary N) is 2. The third-order valence-corrected chi connectivity index (χ3v) is 11.7. The molecular weight excluding hydrogens is 646 g/mol. The maximum absolute atomic E-state index is 14.1. The molecule has 0 unspecified atom stereocenters. The molecule has 46 heavy (non-hydrogen) atoms. The number of hydrogen-bond acceptors (Lipinski definition) is 6. The van der Waals surface area contributed by atoms with Crippen LogP contribution >= 0.6 is 18.9 Å². The van der Waals surface area contributed by atoms with Gasteiger partial charge in [-0.1, -0.05) is 90.5 Å². The first-order valence-electron chi connectivity index (χ1n) is 13.8. The average molecular weight is 677 g/mol. The van der Waals surface area contributed by atoms with E-state index >= 15 is 0 Å². The minimum atomic E-state index is -4.69. The van der Waals surface area contributed by atoms with E-state index in [9.17, 15) is 9.59 Å². The van der Waals surface area contributed by atoms with Crippen molar-refractivity contribution in [3.8, 4) is 0 Å². The Morgan fingerprint density at radius 1 is 0.652 bits per heavy atom. The van der Waals surface area contributed by atoms with Crippen LogP contribution in [-0.2, 0) is 4.79 Å². The van der Waals surface area contributed by atoms with Crippen LogP contribution in [0.4, 0.5) is 5.69 Å². The van der Waals surface area contributed by atoms with Gasteiger partial charge in [0.2, 0.25) is 4.77 Å². The summed E-state index contributed by atoms with van der Waals surface area (Å²) in [6, 6.07) is 46.1. The fourth-order valence-corrected chi connectivity index (χ4v) is 9.65. The quantitative estimate of drug-likeness (QED) is 0.170. The van der Waals surface area contributed by atoms with E-state index < -0.39 is 29.3 Å². The molecule has 0 saturated carbocycles. The molecule has 0 radical (unpaired) electrons. The normalized spacial score (nSPS) is 11.8. The summed E-state index contributed by atoms with van der Waals surface area (Å²) in [7, 11) is -7.54. The lowest BCUT2D eigenvalue weighted by molar-refractivity contribution is -1.92. The van der Waals surface area contributed by atoms with Gasteiger partial charge in [-0.3, -0.25) is 9.59 Å². The van der Waals surface area contributed by atoms with E-state index in [0.717, 1.165) is 21.5 Å². The van der Waals surface area contributed by atoms with E-state index in [2.05, 4.69) is 10.6 Å².